The van der Waals surface area contributed by atoms with E-state index in [9.17, 15) is 0 Å². The number of aromatic nitrogens is 1. The van der Waals surface area contributed by atoms with E-state index in [0.717, 1.165) is 11.2 Å². The molecule has 6 aromatic carbocycles. The van der Waals surface area contributed by atoms with E-state index in [2.05, 4.69) is 141 Å². The Morgan fingerprint density at radius 1 is 0.500 bits per heavy atom. The second-order valence-corrected chi connectivity index (χ2v) is 12.0. The molecule has 1 aliphatic rings. The molecule has 194 valence electrons. The normalized spacial score (nSPS) is 16.6. The first-order chi connectivity index (χ1) is 19.3. The van der Waals surface area contributed by atoms with Crippen molar-refractivity contribution in [2.75, 3.05) is 0 Å². The Morgan fingerprint density at radius 2 is 0.925 bits per heavy atom. The Hall–Kier alpha value is -4.12. The van der Waals surface area contributed by atoms with Crippen LogP contribution >= 0.6 is 0 Å². The maximum Gasteiger partial charge on any atom is 0.495 e. The highest BCUT2D eigenvalue weighted by molar-refractivity contribution is 6.66. The molecule has 0 saturated carbocycles. The molecule has 0 bridgehead atoms. The molecule has 8 rings (SSSR count). The highest BCUT2D eigenvalue weighted by Crippen LogP contribution is 2.41. The van der Waals surface area contributed by atoms with Crippen molar-refractivity contribution in [2.24, 2.45) is 0 Å². The van der Waals surface area contributed by atoms with Gasteiger partial charge >= 0.3 is 7.12 Å². The van der Waals surface area contributed by atoms with E-state index >= 15 is 0 Å². The summed E-state index contributed by atoms with van der Waals surface area (Å²) < 4.78 is 15.9. The minimum absolute atomic E-state index is 0.445. The van der Waals surface area contributed by atoms with Crippen LogP contribution in [0.25, 0.3) is 59.8 Å². The van der Waals surface area contributed by atoms with Crippen LogP contribution in [0.5, 0.6) is 0 Å². The summed E-state index contributed by atoms with van der Waals surface area (Å²) in [7, 11) is -0.495. The van der Waals surface area contributed by atoms with Crippen molar-refractivity contribution in [3.8, 4) is 5.69 Å². The Labute approximate surface area is 234 Å². The van der Waals surface area contributed by atoms with Crippen LogP contribution in [0.3, 0.4) is 0 Å². The predicted molar refractivity (Wildman–Crippen MR) is 169 cm³/mol. The molecule has 2 heterocycles. The van der Waals surface area contributed by atoms with E-state index in [1.54, 1.807) is 0 Å². The second-order valence-electron chi connectivity index (χ2n) is 12.0. The Morgan fingerprint density at radius 3 is 1.48 bits per heavy atom. The predicted octanol–water partition coefficient (Wildman–Crippen LogP) is 8.54. The van der Waals surface area contributed by atoms with Gasteiger partial charge in [-0.15, -0.1) is 0 Å². The minimum atomic E-state index is -0.495. The summed E-state index contributed by atoms with van der Waals surface area (Å²) in [5, 5.41) is 9.84. The van der Waals surface area contributed by atoms with Crippen molar-refractivity contribution in [2.45, 2.75) is 38.9 Å². The highest BCUT2D eigenvalue weighted by Gasteiger charge is 2.52. The third kappa shape index (κ3) is 3.21. The number of rotatable bonds is 2. The molecular formula is C36H30BNO2. The summed E-state index contributed by atoms with van der Waals surface area (Å²) in [6.07, 6.45) is 0. The van der Waals surface area contributed by atoms with Gasteiger partial charge in [-0.25, -0.2) is 0 Å². The molecule has 0 atom stereocenters. The lowest BCUT2D eigenvalue weighted by Gasteiger charge is -2.32. The maximum atomic E-state index is 6.74. The molecule has 1 aliphatic heterocycles. The van der Waals surface area contributed by atoms with Crippen molar-refractivity contribution >= 4 is 66.7 Å². The quantitative estimate of drug-likeness (QED) is 0.169. The number of hydrogen-bond donors (Lipinski definition) is 0. The summed E-state index contributed by atoms with van der Waals surface area (Å²) in [5.41, 5.74) is 3.66. The molecule has 1 fully saturated rings. The van der Waals surface area contributed by atoms with Crippen LogP contribution in [0.1, 0.15) is 27.7 Å². The highest BCUT2D eigenvalue weighted by atomic mass is 16.7. The maximum absolute atomic E-state index is 6.74. The molecule has 1 aromatic heterocycles. The summed E-state index contributed by atoms with van der Waals surface area (Å²) >= 11 is 0. The van der Waals surface area contributed by atoms with Gasteiger partial charge in [-0.3, -0.25) is 0 Å². The largest absolute Gasteiger partial charge is 0.495 e. The van der Waals surface area contributed by atoms with Crippen LogP contribution in [0.4, 0.5) is 0 Å². The number of fused-ring (bicyclic) bond motifs is 9. The zero-order chi connectivity index (χ0) is 27.2. The van der Waals surface area contributed by atoms with E-state index in [0.29, 0.717) is 0 Å². The molecule has 0 spiro atoms. The van der Waals surface area contributed by atoms with Crippen molar-refractivity contribution in [1.82, 2.24) is 4.57 Å². The zero-order valence-corrected chi connectivity index (χ0v) is 23.2. The third-order valence-electron chi connectivity index (χ3n) is 9.20. The monoisotopic (exact) mass is 519 g/mol. The second kappa shape index (κ2) is 8.20. The van der Waals surface area contributed by atoms with Crippen molar-refractivity contribution in [1.29, 1.82) is 0 Å². The van der Waals surface area contributed by atoms with Crippen LogP contribution in [0, 0.1) is 0 Å². The fraction of sp³-hybridized carbons (Fsp3) is 0.167. The fourth-order valence-electron chi connectivity index (χ4n) is 6.54. The first-order valence-electron chi connectivity index (χ1n) is 14.1. The lowest BCUT2D eigenvalue weighted by molar-refractivity contribution is 0.00578. The fourth-order valence-corrected chi connectivity index (χ4v) is 6.54. The van der Waals surface area contributed by atoms with Crippen LogP contribution < -0.4 is 5.46 Å². The molecule has 0 radical (unpaired) electrons. The molecule has 0 amide bonds. The molecule has 0 unspecified atom stereocenters. The molecular weight excluding hydrogens is 489 g/mol. The average Bonchev–Trinajstić information content (AvgIpc) is 3.42. The van der Waals surface area contributed by atoms with Gasteiger partial charge in [0, 0.05) is 16.5 Å². The lowest BCUT2D eigenvalue weighted by Crippen LogP contribution is -2.41. The molecule has 4 heteroatoms. The van der Waals surface area contributed by atoms with Crippen molar-refractivity contribution in [3.05, 3.63) is 109 Å². The molecule has 0 N–H and O–H groups in total. The smallest absolute Gasteiger partial charge is 0.399 e. The van der Waals surface area contributed by atoms with Crippen LogP contribution in [0.2, 0.25) is 0 Å². The molecule has 1 saturated heterocycles. The van der Waals surface area contributed by atoms with E-state index in [-0.39, 0.29) is 0 Å². The standard InChI is InChI=1S/C36H30BNO2/c1-35(2)36(3,4)40-37(39-35)31-22-23(38-32-19-11-9-16-27(32)28-17-10-12-20-33(28)38)21-30-26-15-6-5-13-24(26)25-14-7-8-18-29(25)34(30)31/h5-22H,1-4H3. The van der Waals surface area contributed by atoms with E-state index in [4.69, 9.17) is 9.31 Å². The molecule has 40 heavy (non-hydrogen) atoms. The van der Waals surface area contributed by atoms with E-state index in [1.807, 2.05) is 0 Å². The van der Waals surface area contributed by atoms with E-state index < -0.39 is 18.3 Å². The van der Waals surface area contributed by atoms with Gasteiger partial charge in [0.25, 0.3) is 0 Å². The zero-order valence-electron chi connectivity index (χ0n) is 23.2. The van der Waals surface area contributed by atoms with Gasteiger partial charge in [-0.1, -0.05) is 84.9 Å². The average molecular weight is 519 g/mol. The summed E-state index contributed by atoms with van der Waals surface area (Å²) in [6, 6.07) is 39.5. The van der Waals surface area contributed by atoms with Gasteiger partial charge in [0.2, 0.25) is 0 Å². The molecule has 3 nitrogen and oxygen atoms in total. The number of hydrogen-bond acceptors (Lipinski definition) is 2. The Bertz CT molecular complexity index is 2070. The summed E-state index contributed by atoms with van der Waals surface area (Å²) in [4.78, 5) is 0. The first kappa shape index (κ1) is 23.7. The molecule has 0 aliphatic carbocycles. The summed E-state index contributed by atoms with van der Waals surface area (Å²) in [5.74, 6) is 0. The van der Waals surface area contributed by atoms with E-state index in [1.165, 1.54) is 54.1 Å². The third-order valence-corrected chi connectivity index (χ3v) is 9.20. The van der Waals surface area contributed by atoms with Crippen LogP contribution in [-0.2, 0) is 9.31 Å². The number of benzene rings is 6. The summed E-state index contributed by atoms with van der Waals surface area (Å²) in [6.45, 7) is 8.50. The van der Waals surface area contributed by atoms with Gasteiger partial charge < -0.3 is 13.9 Å². The number of para-hydroxylation sites is 2. The molecule has 7 aromatic rings. The van der Waals surface area contributed by atoms with Crippen LogP contribution in [0.15, 0.2) is 109 Å². The van der Waals surface area contributed by atoms with Gasteiger partial charge in [-0.2, -0.15) is 0 Å². The minimum Gasteiger partial charge on any atom is -0.399 e. The lowest BCUT2D eigenvalue weighted by atomic mass is 9.74. The first-order valence-corrected chi connectivity index (χ1v) is 14.1. The van der Waals surface area contributed by atoms with Gasteiger partial charge in [-0.05, 0) is 89.7 Å². The van der Waals surface area contributed by atoms with Crippen molar-refractivity contribution in [3.63, 3.8) is 0 Å². The SMILES string of the molecule is CC1(C)OB(c2cc(-n3c4ccccc4c4ccccc43)cc3c4ccccc4c4ccccc4c23)OC1(C)C. The van der Waals surface area contributed by atoms with Gasteiger partial charge in [0.1, 0.15) is 0 Å². The number of nitrogens with zero attached hydrogens (tertiary/aromatic N) is 1. The van der Waals surface area contributed by atoms with Gasteiger partial charge in [0.15, 0.2) is 0 Å². The topological polar surface area (TPSA) is 23.4 Å². The van der Waals surface area contributed by atoms with Crippen molar-refractivity contribution < 1.29 is 9.31 Å². The Kier molecular flexibility index (Phi) is 4.87. The van der Waals surface area contributed by atoms with Gasteiger partial charge in [0.05, 0.1) is 22.2 Å². The van der Waals surface area contributed by atoms with Crippen LogP contribution in [-0.4, -0.2) is 22.9 Å². The Balaban J connectivity index is 1.56.